The lowest BCUT2D eigenvalue weighted by Gasteiger charge is -2.35. The zero-order chi connectivity index (χ0) is 20.3. The van der Waals surface area contributed by atoms with Gasteiger partial charge in [-0.1, -0.05) is 36.4 Å². The number of hydroxylamine groups is 1. The largest absolute Gasteiger partial charge is 0.485 e. The number of hydrogen-bond acceptors (Lipinski definition) is 5. The van der Waals surface area contributed by atoms with Crippen LogP contribution >= 0.6 is 12.4 Å². The summed E-state index contributed by atoms with van der Waals surface area (Å²) < 4.78 is 6.33. The standard InChI is InChI=1S/C23H24N2O4.ClH/c26-20-15-23(11-13-25(16-23)12-10-17-4-2-1-3-5-17)29-21-8-6-18(14-19(20)21)7-9-22(27)24-28;/h1-9,14,28H,10-13,15-16H2,(H,24,27);1H/b9-7+;. The molecule has 2 N–H and O–H groups in total. The maximum atomic E-state index is 12.8. The number of likely N-dealkylation sites (tertiary alicyclic amines) is 1. The lowest BCUT2D eigenvalue weighted by Crippen LogP contribution is -2.44. The summed E-state index contributed by atoms with van der Waals surface area (Å²) in [5.74, 6) is 0.0544. The van der Waals surface area contributed by atoms with E-state index in [2.05, 4.69) is 29.2 Å². The lowest BCUT2D eigenvalue weighted by molar-refractivity contribution is -0.124. The third-order valence-electron chi connectivity index (χ3n) is 5.61. The molecule has 2 aromatic rings. The van der Waals surface area contributed by atoms with Crippen molar-refractivity contribution in [3.63, 3.8) is 0 Å². The highest BCUT2D eigenvalue weighted by molar-refractivity contribution is 6.01. The van der Waals surface area contributed by atoms with Gasteiger partial charge in [-0.15, -0.1) is 12.4 Å². The molecule has 0 aromatic heterocycles. The highest BCUT2D eigenvalue weighted by Gasteiger charge is 2.45. The van der Waals surface area contributed by atoms with Crippen LogP contribution in [0.25, 0.3) is 6.08 Å². The average Bonchev–Trinajstić information content (AvgIpc) is 3.13. The van der Waals surface area contributed by atoms with Crippen LogP contribution in [-0.2, 0) is 11.2 Å². The Hall–Kier alpha value is -2.67. The van der Waals surface area contributed by atoms with Crippen molar-refractivity contribution in [2.24, 2.45) is 0 Å². The molecule has 1 spiro atoms. The highest BCUT2D eigenvalue weighted by Crippen LogP contribution is 2.39. The van der Waals surface area contributed by atoms with Gasteiger partial charge in [-0.2, -0.15) is 0 Å². The SMILES string of the molecule is Cl.O=C(/C=C/c1ccc2c(c1)C(=O)CC1(CCN(CCc3ccccc3)C1)O2)NO. The van der Waals surface area contributed by atoms with Gasteiger partial charge < -0.3 is 4.74 Å². The van der Waals surface area contributed by atoms with Gasteiger partial charge in [0.05, 0.1) is 12.0 Å². The average molecular weight is 429 g/mol. The molecule has 2 aliphatic heterocycles. The van der Waals surface area contributed by atoms with Crippen molar-refractivity contribution in [3.8, 4) is 5.75 Å². The summed E-state index contributed by atoms with van der Waals surface area (Å²) >= 11 is 0. The Morgan fingerprint density at radius 3 is 2.80 bits per heavy atom. The minimum Gasteiger partial charge on any atom is -0.485 e. The number of Topliss-reactive ketones (excluding diaryl/α,β-unsaturated/α-hetero) is 1. The fourth-order valence-electron chi connectivity index (χ4n) is 4.10. The molecule has 158 valence electrons. The molecule has 4 rings (SSSR count). The third kappa shape index (κ3) is 4.90. The molecule has 0 radical (unpaired) electrons. The molecule has 1 amide bonds. The van der Waals surface area contributed by atoms with Crippen LogP contribution in [0.2, 0.25) is 0 Å². The first-order valence-corrected chi connectivity index (χ1v) is 9.82. The molecule has 1 fully saturated rings. The monoisotopic (exact) mass is 428 g/mol. The lowest BCUT2D eigenvalue weighted by atomic mass is 9.88. The third-order valence-corrected chi connectivity index (χ3v) is 5.61. The smallest absolute Gasteiger partial charge is 0.267 e. The van der Waals surface area contributed by atoms with E-state index in [1.54, 1.807) is 29.8 Å². The van der Waals surface area contributed by atoms with Crippen LogP contribution in [-0.4, -0.2) is 47.0 Å². The summed E-state index contributed by atoms with van der Waals surface area (Å²) in [6, 6.07) is 15.7. The molecule has 0 bridgehead atoms. The summed E-state index contributed by atoms with van der Waals surface area (Å²) in [5.41, 5.74) is 3.66. The van der Waals surface area contributed by atoms with Crippen molar-refractivity contribution in [3.05, 3.63) is 71.3 Å². The van der Waals surface area contributed by atoms with E-state index in [4.69, 9.17) is 9.94 Å². The molecule has 30 heavy (non-hydrogen) atoms. The number of fused-ring (bicyclic) bond motifs is 1. The molecular formula is C23H25ClN2O4. The van der Waals surface area contributed by atoms with Gasteiger partial charge in [-0.05, 0) is 35.8 Å². The number of ether oxygens (including phenoxy) is 1. The fourth-order valence-corrected chi connectivity index (χ4v) is 4.10. The Balaban J connectivity index is 0.00000256. The van der Waals surface area contributed by atoms with E-state index in [9.17, 15) is 9.59 Å². The van der Waals surface area contributed by atoms with Gasteiger partial charge in [0.25, 0.3) is 5.91 Å². The van der Waals surface area contributed by atoms with Gasteiger partial charge in [-0.3, -0.25) is 19.7 Å². The number of nitrogens with zero attached hydrogens (tertiary/aromatic N) is 1. The molecule has 1 saturated heterocycles. The molecule has 2 aliphatic rings. The summed E-state index contributed by atoms with van der Waals surface area (Å²) in [4.78, 5) is 26.3. The zero-order valence-corrected chi connectivity index (χ0v) is 17.4. The van der Waals surface area contributed by atoms with Gasteiger partial charge in [-0.25, -0.2) is 5.48 Å². The van der Waals surface area contributed by atoms with Crippen LogP contribution in [0.1, 0.15) is 34.3 Å². The number of amides is 1. The minimum atomic E-state index is -0.620. The van der Waals surface area contributed by atoms with E-state index in [1.807, 2.05) is 6.07 Å². The van der Waals surface area contributed by atoms with Crippen molar-refractivity contribution in [1.82, 2.24) is 10.4 Å². The van der Waals surface area contributed by atoms with Crippen LogP contribution < -0.4 is 10.2 Å². The molecule has 1 unspecified atom stereocenters. The summed E-state index contributed by atoms with van der Waals surface area (Å²) in [7, 11) is 0. The van der Waals surface area contributed by atoms with Crippen molar-refractivity contribution >= 4 is 30.2 Å². The normalized spacial score (nSPS) is 20.6. The van der Waals surface area contributed by atoms with Gasteiger partial charge in [0.2, 0.25) is 0 Å². The number of ketones is 1. The quantitative estimate of drug-likeness (QED) is 0.434. The second kappa shape index (κ2) is 9.43. The second-order valence-corrected chi connectivity index (χ2v) is 7.71. The number of hydrogen-bond donors (Lipinski definition) is 2. The molecule has 6 nitrogen and oxygen atoms in total. The molecule has 7 heteroatoms. The second-order valence-electron chi connectivity index (χ2n) is 7.71. The Labute approximate surface area is 181 Å². The summed E-state index contributed by atoms with van der Waals surface area (Å²) in [6.45, 7) is 2.63. The van der Waals surface area contributed by atoms with E-state index in [1.165, 1.54) is 11.6 Å². The fraction of sp³-hybridized carbons (Fsp3) is 0.304. The van der Waals surface area contributed by atoms with Crippen LogP contribution in [0.15, 0.2) is 54.6 Å². The van der Waals surface area contributed by atoms with Gasteiger partial charge >= 0.3 is 0 Å². The first kappa shape index (κ1) is 22.0. The number of rotatable bonds is 5. The Morgan fingerprint density at radius 2 is 2.03 bits per heavy atom. The highest BCUT2D eigenvalue weighted by atomic mass is 35.5. The van der Waals surface area contributed by atoms with Gasteiger partial charge in [0.1, 0.15) is 11.4 Å². The first-order valence-electron chi connectivity index (χ1n) is 9.82. The van der Waals surface area contributed by atoms with E-state index in [0.717, 1.165) is 32.5 Å². The molecule has 1 atom stereocenters. The van der Waals surface area contributed by atoms with Crippen LogP contribution in [0.3, 0.4) is 0 Å². The minimum absolute atomic E-state index is 0. The number of nitrogens with one attached hydrogen (secondary N) is 1. The molecule has 2 heterocycles. The topological polar surface area (TPSA) is 78.9 Å². The van der Waals surface area contributed by atoms with Crippen LogP contribution in [0.5, 0.6) is 5.75 Å². The number of carbonyl (C=O) groups is 2. The van der Waals surface area contributed by atoms with E-state index < -0.39 is 11.5 Å². The number of carbonyl (C=O) groups excluding carboxylic acids is 2. The Kier molecular flexibility index (Phi) is 6.92. The molecule has 2 aromatic carbocycles. The number of benzene rings is 2. The van der Waals surface area contributed by atoms with Crippen molar-refractivity contribution in [2.75, 3.05) is 19.6 Å². The summed E-state index contributed by atoms with van der Waals surface area (Å²) in [6.07, 6.45) is 4.94. The maximum absolute atomic E-state index is 12.8. The first-order chi connectivity index (χ1) is 14.1. The Morgan fingerprint density at radius 1 is 1.23 bits per heavy atom. The van der Waals surface area contributed by atoms with Crippen molar-refractivity contribution in [1.29, 1.82) is 0 Å². The van der Waals surface area contributed by atoms with Gasteiger partial charge in [0.15, 0.2) is 5.78 Å². The molecule has 0 saturated carbocycles. The Bertz CT molecular complexity index is 947. The predicted octanol–water partition coefficient (Wildman–Crippen LogP) is 3.28. The van der Waals surface area contributed by atoms with Crippen LogP contribution in [0.4, 0.5) is 0 Å². The van der Waals surface area contributed by atoms with Gasteiger partial charge in [0, 0.05) is 32.1 Å². The van der Waals surface area contributed by atoms with E-state index in [0.29, 0.717) is 23.3 Å². The molecular weight excluding hydrogens is 404 g/mol. The van der Waals surface area contributed by atoms with Crippen LogP contribution in [0, 0.1) is 0 Å². The summed E-state index contributed by atoms with van der Waals surface area (Å²) in [5, 5.41) is 8.56. The predicted molar refractivity (Wildman–Crippen MR) is 116 cm³/mol. The van der Waals surface area contributed by atoms with Crippen molar-refractivity contribution in [2.45, 2.75) is 24.9 Å². The maximum Gasteiger partial charge on any atom is 0.267 e. The van der Waals surface area contributed by atoms with E-state index in [-0.39, 0.29) is 18.2 Å². The zero-order valence-electron chi connectivity index (χ0n) is 16.5. The van der Waals surface area contributed by atoms with Crippen molar-refractivity contribution < 1.29 is 19.5 Å². The number of halogens is 1. The molecule has 0 aliphatic carbocycles. The van der Waals surface area contributed by atoms with E-state index >= 15 is 0 Å².